The Morgan fingerprint density at radius 3 is 2.52 bits per heavy atom. The van der Waals surface area contributed by atoms with Gasteiger partial charge in [-0.1, -0.05) is 6.07 Å². The zero-order valence-corrected chi connectivity index (χ0v) is 13.3. The highest BCUT2D eigenvalue weighted by molar-refractivity contribution is 5.82. The lowest BCUT2D eigenvalue weighted by molar-refractivity contribution is -0.141. The van der Waals surface area contributed by atoms with Gasteiger partial charge in [-0.2, -0.15) is 27.5 Å². The van der Waals surface area contributed by atoms with E-state index in [1.165, 1.54) is 12.4 Å². The van der Waals surface area contributed by atoms with E-state index >= 15 is 0 Å². The molecule has 1 N–H and O–H groups in total. The summed E-state index contributed by atoms with van der Waals surface area (Å²) in [5, 5.41) is 2.87. The van der Waals surface area contributed by atoms with E-state index in [0.717, 1.165) is 12.3 Å². The first-order valence-electron chi connectivity index (χ1n) is 7.42. The van der Waals surface area contributed by atoms with Gasteiger partial charge in [0.2, 0.25) is 0 Å². The van der Waals surface area contributed by atoms with E-state index in [4.69, 9.17) is 0 Å². The third kappa shape index (κ3) is 3.52. The molecule has 0 atom stereocenters. The number of hydrogen-bond donors (Lipinski definition) is 1. The largest absolute Gasteiger partial charge is 0.433 e. The summed E-state index contributed by atoms with van der Waals surface area (Å²) in [4.78, 5) is 15.0. The zero-order chi connectivity index (χ0) is 18.2. The van der Waals surface area contributed by atoms with Crippen molar-refractivity contribution in [2.24, 2.45) is 0 Å². The average molecular weight is 354 g/mol. The number of halogens is 4. The molecule has 25 heavy (non-hydrogen) atoms. The molecule has 0 amide bonds. The molecule has 0 radical (unpaired) electrons. The van der Waals surface area contributed by atoms with Crippen LogP contribution in [0, 0.1) is 6.08 Å². The van der Waals surface area contributed by atoms with E-state index in [-0.39, 0.29) is 18.4 Å². The van der Waals surface area contributed by atoms with E-state index in [0.29, 0.717) is 16.7 Å². The summed E-state index contributed by atoms with van der Waals surface area (Å²) in [6.45, 7) is 3.93. The monoisotopic (exact) mass is 354 g/mol. The van der Waals surface area contributed by atoms with Gasteiger partial charge < -0.3 is 9.88 Å². The number of nitrogens with zero attached hydrogens (tertiary/aromatic N) is 5. The van der Waals surface area contributed by atoms with Gasteiger partial charge in [-0.05, 0) is 25.5 Å². The molecule has 6 nitrogen and oxygen atoms in total. The Morgan fingerprint density at radius 2 is 1.92 bits per heavy atom. The van der Waals surface area contributed by atoms with Crippen molar-refractivity contribution >= 4 is 17.0 Å². The molecule has 10 heteroatoms. The molecular formula is C15H14F4N6. The van der Waals surface area contributed by atoms with Gasteiger partial charge >= 0.3 is 12.3 Å². The lowest BCUT2D eigenvalue weighted by Gasteiger charge is -2.10. The predicted octanol–water partition coefficient (Wildman–Crippen LogP) is 3.57. The van der Waals surface area contributed by atoms with Crippen LogP contribution in [0.15, 0.2) is 24.7 Å². The lowest BCUT2D eigenvalue weighted by atomic mass is 10.2. The highest BCUT2D eigenvalue weighted by atomic mass is 19.4. The number of imidazole rings is 1. The molecule has 3 heterocycles. The predicted molar refractivity (Wildman–Crippen MR) is 82.2 cm³/mol. The van der Waals surface area contributed by atoms with Crippen molar-refractivity contribution in [2.75, 3.05) is 5.32 Å². The molecule has 3 rings (SSSR count). The second kappa shape index (κ2) is 6.26. The third-order valence-electron chi connectivity index (χ3n) is 3.53. The molecule has 0 spiro atoms. The minimum atomic E-state index is -4.49. The van der Waals surface area contributed by atoms with Gasteiger partial charge in [-0.15, -0.1) is 0 Å². The maximum absolute atomic E-state index is 13.7. The second-order valence-corrected chi connectivity index (χ2v) is 5.66. The van der Waals surface area contributed by atoms with Crippen LogP contribution in [0.4, 0.5) is 23.4 Å². The molecule has 0 bridgehead atoms. The summed E-state index contributed by atoms with van der Waals surface area (Å²) in [5.41, 5.74) is 0.247. The number of pyridine rings is 1. The number of fused-ring (bicyclic) bond motifs is 1. The SMILES string of the molecule is CC(C)n1cnc2c(NCc3ccc(C(F)(F)F)nc3)nc(F)nc21. The van der Waals surface area contributed by atoms with Gasteiger partial charge in [0.25, 0.3) is 0 Å². The number of alkyl halides is 3. The summed E-state index contributed by atoms with van der Waals surface area (Å²) in [7, 11) is 0. The standard InChI is InChI=1S/C15H14F4N6/c1-8(2)25-7-22-11-12(23-14(16)24-13(11)25)21-6-9-3-4-10(20-5-9)15(17,18)19/h3-5,7-8H,6H2,1-2H3,(H,21,23,24). The minimum absolute atomic E-state index is 0.0336. The average Bonchev–Trinajstić information content (AvgIpc) is 2.96. The van der Waals surface area contributed by atoms with Gasteiger partial charge in [-0.25, -0.2) is 4.98 Å². The van der Waals surface area contributed by atoms with E-state index < -0.39 is 17.9 Å². The van der Waals surface area contributed by atoms with Crippen molar-refractivity contribution in [1.29, 1.82) is 0 Å². The van der Waals surface area contributed by atoms with Crippen LogP contribution in [0.1, 0.15) is 31.1 Å². The van der Waals surface area contributed by atoms with Crippen LogP contribution in [0.5, 0.6) is 0 Å². The quantitative estimate of drug-likeness (QED) is 0.573. The van der Waals surface area contributed by atoms with Crippen LogP contribution < -0.4 is 5.32 Å². The molecule has 0 fully saturated rings. The van der Waals surface area contributed by atoms with E-state index in [2.05, 4.69) is 25.3 Å². The number of rotatable bonds is 4. The van der Waals surface area contributed by atoms with Crippen LogP contribution in [0.25, 0.3) is 11.2 Å². The van der Waals surface area contributed by atoms with Gasteiger partial charge in [0.15, 0.2) is 17.0 Å². The Hall–Kier alpha value is -2.78. The fraction of sp³-hybridized carbons (Fsp3) is 0.333. The molecule has 3 aromatic heterocycles. The first-order valence-corrected chi connectivity index (χ1v) is 7.42. The molecule has 0 unspecified atom stereocenters. The van der Waals surface area contributed by atoms with Gasteiger partial charge in [0, 0.05) is 18.8 Å². The summed E-state index contributed by atoms with van der Waals surface area (Å²) in [5.74, 6) is 0.168. The Bertz CT molecular complexity index is 885. The highest BCUT2D eigenvalue weighted by Gasteiger charge is 2.32. The Balaban J connectivity index is 1.84. The Kier molecular flexibility index (Phi) is 4.27. The topological polar surface area (TPSA) is 68.5 Å². The maximum Gasteiger partial charge on any atom is 0.433 e. The zero-order valence-electron chi connectivity index (χ0n) is 13.3. The van der Waals surface area contributed by atoms with Crippen molar-refractivity contribution in [3.63, 3.8) is 0 Å². The normalized spacial score (nSPS) is 12.1. The van der Waals surface area contributed by atoms with E-state index in [1.807, 2.05) is 13.8 Å². The van der Waals surface area contributed by atoms with Crippen LogP contribution in [0.2, 0.25) is 0 Å². The van der Waals surface area contributed by atoms with Crippen molar-refractivity contribution in [3.05, 3.63) is 42.0 Å². The molecule has 0 aliphatic rings. The molecule has 0 saturated heterocycles. The van der Waals surface area contributed by atoms with Crippen LogP contribution >= 0.6 is 0 Å². The molecule has 132 valence electrons. The Morgan fingerprint density at radius 1 is 1.16 bits per heavy atom. The van der Waals surface area contributed by atoms with Crippen molar-refractivity contribution in [1.82, 2.24) is 24.5 Å². The summed E-state index contributed by atoms with van der Waals surface area (Å²) in [6.07, 6.45) is -2.76. The second-order valence-electron chi connectivity index (χ2n) is 5.66. The highest BCUT2D eigenvalue weighted by Crippen LogP contribution is 2.27. The van der Waals surface area contributed by atoms with Crippen LogP contribution in [0.3, 0.4) is 0 Å². The Labute approximate surface area is 140 Å². The fourth-order valence-electron chi connectivity index (χ4n) is 2.27. The minimum Gasteiger partial charge on any atom is -0.364 e. The fourth-order valence-corrected chi connectivity index (χ4v) is 2.27. The van der Waals surface area contributed by atoms with Crippen molar-refractivity contribution in [2.45, 2.75) is 32.6 Å². The van der Waals surface area contributed by atoms with Crippen LogP contribution in [-0.2, 0) is 12.7 Å². The summed E-state index contributed by atoms with van der Waals surface area (Å²) in [6, 6.07) is 2.22. The molecule has 0 aliphatic heterocycles. The first kappa shape index (κ1) is 17.1. The lowest BCUT2D eigenvalue weighted by Crippen LogP contribution is -2.09. The van der Waals surface area contributed by atoms with Crippen molar-refractivity contribution < 1.29 is 17.6 Å². The number of anilines is 1. The van der Waals surface area contributed by atoms with Gasteiger partial charge in [0.05, 0.1) is 6.33 Å². The maximum atomic E-state index is 13.7. The van der Waals surface area contributed by atoms with E-state index in [1.54, 1.807) is 4.57 Å². The summed E-state index contributed by atoms with van der Waals surface area (Å²) < 4.78 is 52.9. The molecule has 3 aromatic rings. The van der Waals surface area contributed by atoms with E-state index in [9.17, 15) is 17.6 Å². The number of hydrogen-bond acceptors (Lipinski definition) is 5. The smallest absolute Gasteiger partial charge is 0.364 e. The number of aromatic nitrogens is 5. The first-order chi connectivity index (χ1) is 11.8. The van der Waals surface area contributed by atoms with Crippen molar-refractivity contribution in [3.8, 4) is 0 Å². The van der Waals surface area contributed by atoms with Crippen LogP contribution in [-0.4, -0.2) is 24.5 Å². The van der Waals surface area contributed by atoms with Gasteiger partial charge in [-0.3, -0.25) is 4.98 Å². The summed E-state index contributed by atoms with van der Waals surface area (Å²) >= 11 is 0. The molecule has 0 aliphatic carbocycles. The molecule has 0 saturated carbocycles. The third-order valence-corrected chi connectivity index (χ3v) is 3.53. The molecular weight excluding hydrogens is 340 g/mol. The number of nitrogens with one attached hydrogen (secondary N) is 1. The molecule has 0 aromatic carbocycles. The van der Waals surface area contributed by atoms with Gasteiger partial charge in [0.1, 0.15) is 5.69 Å².